The van der Waals surface area contributed by atoms with Gasteiger partial charge in [-0.2, -0.15) is 8.42 Å². The van der Waals surface area contributed by atoms with Crippen LogP contribution in [0.15, 0.2) is 138 Å². The van der Waals surface area contributed by atoms with Crippen molar-refractivity contribution in [3.63, 3.8) is 0 Å². The second-order valence-electron chi connectivity index (χ2n) is 16.0. The Hall–Kier alpha value is -8.20. The van der Waals surface area contributed by atoms with E-state index in [0.29, 0.717) is 33.8 Å². The molecule has 0 unspecified atom stereocenters. The third-order valence-corrected chi connectivity index (χ3v) is 12.3. The van der Waals surface area contributed by atoms with E-state index in [-0.39, 0.29) is 4.90 Å². The molecular weight excluding hydrogens is 809 g/mol. The van der Waals surface area contributed by atoms with Gasteiger partial charge >= 0.3 is 0 Å². The Labute approximate surface area is 358 Å². The van der Waals surface area contributed by atoms with Gasteiger partial charge in [0.25, 0.3) is 10.1 Å². The van der Waals surface area contributed by atoms with Crippen molar-refractivity contribution in [2.75, 3.05) is 0 Å². The highest BCUT2D eigenvalue weighted by atomic mass is 32.2. The number of nitrogens with zero attached hydrogens (tertiary/aromatic N) is 5. The van der Waals surface area contributed by atoms with Crippen LogP contribution < -0.4 is 0 Å². The number of aromatic amines is 5. The largest absolute Gasteiger partial charge is 0.338 e. The smallest absolute Gasteiger partial charge is 0.294 e. The first-order chi connectivity index (χ1) is 30.5. The van der Waals surface area contributed by atoms with Crippen LogP contribution in [0.4, 0.5) is 0 Å². The number of hydrogen-bond acceptors (Lipinski definition) is 7. The van der Waals surface area contributed by atoms with Gasteiger partial charge in [-0.3, -0.25) is 4.55 Å². The summed E-state index contributed by atoms with van der Waals surface area (Å²) in [7, 11) is -4.59. The molecule has 5 heterocycles. The SMILES string of the molecule is Cc1ccc2[nH]c(-c3ccc(-c4nc5cc(-c6ccc7[nH]c(-c8cc(-c9nc%10cc(-c%11nc%12ccc(C)cc%12[nH]%11)ccc%10[nH]9)cc(S(=O)(=O)O)c8)nc7c6)ccc5[nH]4)cc3)nc2c1. The zero-order chi connectivity index (χ0) is 42.6. The van der Waals surface area contributed by atoms with Gasteiger partial charge in [-0.1, -0.05) is 48.5 Å². The maximum Gasteiger partial charge on any atom is 0.294 e. The monoisotopic (exact) mass is 842 g/mol. The van der Waals surface area contributed by atoms with Gasteiger partial charge in [0.1, 0.15) is 29.1 Å². The summed E-state index contributed by atoms with van der Waals surface area (Å²) < 4.78 is 35.4. The lowest BCUT2D eigenvalue weighted by atomic mass is 10.0. The van der Waals surface area contributed by atoms with Crippen LogP contribution in [-0.4, -0.2) is 62.8 Å². The molecule has 0 aliphatic heterocycles. The standard InChI is InChI=1S/C49H34N10O3S/c1-25-3-12-35-40(17-25)55-45(50-35)27-5-7-28(8-6-27)46-51-37-14-9-29(22-42(37)57-46)30-10-15-38-43(23-30)58-48(53-38)32-19-33(21-34(20-32)63(60,61)62)49-54-39-16-11-31(24-44(39)59-49)47-52-36-13-4-26(2)18-41(36)56-47/h3-24H,1-2H3,(H,50,55)(H,51,57)(H,52,56)(H,53,58)(H,54,59)(H,60,61,62). The molecule has 13 nitrogen and oxygen atoms in total. The lowest BCUT2D eigenvalue weighted by Gasteiger charge is -2.05. The van der Waals surface area contributed by atoms with Crippen molar-refractivity contribution >= 4 is 65.3 Å². The number of imidazole rings is 5. The fourth-order valence-corrected chi connectivity index (χ4v) is 8.81. The third kappa shape index (κ3) is 6.52. The number of aromatic nitrogens is 10. The highest BCUT2D eigenvalue weighted by molar-refractivity contribution is 7.85. The number of aryl methyl sites for hydroxylation is 2. The fraction of sp³-hybridized carbons (Fsp3) is 0.0408. The molecule has 0 spiro atoms. The summed E-state index contributed by atoms with van der Waals surface area (Å²) in [6.45, 7) is 4.10. The Morgan fingerprint density at radius 3 is 1.24 bits per heavy atom. The molecule has 0 bridgehead atoms. The maximum atomic E-state index is 12.6. The van der Waals surface area contributed by atoms with Crippen LogP contribution in [0.2, 0.25) is 0 Å². The zero-order valence-electron chi connectivity index (χ0n) is 33.6. The molecule has 63 heavy (non-hydrogen) atoms. The van der Waals surface area contributed by atoms with Gasteiger partial charge in [-0.05, 0) is 121 Å². The third-order valence-electron chi connectivity index (χ3n) is 11.5. The van der Waals surface area contributed by atoms with Crippen LogP contribution in [0.25, 0.3) is 123 Å². The predicted molar refractivity (Wildman–Crippen MR) is 247 cm³/mol. The normalized spacial score (nSPS) is 12.2. The average Bonchev–Trinajstić information content (AvgIpc) is 4.13. The Kier molecular flexibility index (Phi) is 7.94. The second kappa shape index (κ2) is 13.7. The summed E-state index contributed by atoms with van der Waals surface area (Å²) in [4.78, 5) is 40.8. The van der Waals surface area contributed by atoms with Gasteiger partial charge < -0.3 is 24.9 Å². The lowest BCUT2D eigenvalue weighted by molar-refractivity contribution is 0.483. The quantitative estimate of drug-likeness (QED) is 0.0852. The summed E-state index contributed by atoms with van der Waals surface area (Å²) in [6, 6.07) is 42.9. The molecule has 14 heteroatoms. The molecule has 0 radical (unpaired) electrons. The number of fused-ring (bicyclic) bond motifs is 5. The van der Waals surface area contributed by atoms with Crippen LogP contribution in [0, 0.1) is 13.8 Å². The van der Waals surface area contributed by atoms with Gasteiger partial charge in [0.05, 0.1) is 60.1 Å². The Balaban J connectivity index is 0.838. The number of nitrogens with one attached hydrogen (secondary N) is 5. The molecule has 0 atom stereocenters. The molecule has 0 saturated carbocycles. The van der Waals surface area contributed by atoms with Crippen LogP contribution in [0.5, 0.6) is 0 Å². The van der Waals surface area contributed by atoms with Gasteiger partial charge in [-0.25, -0.2) is 24.9 Å². The molecule has 0 aliphatic carbocycles. The molecule has 6 N–H and O–H groups in total. The van der Waals surface area contributed by atoms with Crippen LogP contribution >= 0.6 is 0 Å². The number of H-pyrrole nitrogens is 5. The van der Waals surface area contributed by atoms with Crippen LogP contribution in [-0.2, 0) is 10.1 Å². The predicted octanol–water partition coefficient (Wildman–Crippen LogP) is 10.9. The fourth-order valence-electron chi connectivity index (χ4n) is 8.25. The van der Waals surface area contributed by atoms with Crippen LogP contribution in [0.1, 0.15) is 11.1 Å². The summed E-state index contributed by atoms with van der Waals surface area (Å²) in [5.41, 5.74) is 16.3. The maximum absolute atomic E-state index is 12.6. The summed E-state index contributed by atoms with van der Waals surface area (Å²) >= 11 is 0. The van der Waals surface area contributed by atoms with Gasteiger partial charge in [0.2, 0.25) is 0 Å². The zero-order valence-corrected chi connectivity index (χ0v) is 34.4. The minimum Gasteiger partial charge on any atom is -0.338 e. The lowest BCUT2D eigenvalue weighted by Crippen LogP contribution is -1.99. The van der Waals surface area contributed by atoms with E-state index in [1.54, 1.807) is 6.07 Å². The van der Waals surface area contributed by atoms with E-state index >= 15 is 0 Å². The van der Waals surface area contributed by atoms with E-state index < -0.39 is 10.1 Å². The molecule has 7 aromatic carbocycles. The number of hydrogen-bond donors (Lipinski definition) is 6. The molecule has 0 saturated heterocycles. The highest BCUT2D eigenvalue weighted by Gasteiger charge is 2.19. The van der Waals surface area contributed by atoms with Gasteiger partial charge in [-0.15, -0.1) is 0 Å². The molecule has 0 amide bonds. The molecule has 0 aliphatic rings. The molecule has 0 fully saturated rings. The molecule has 304 valence electrons. The van der Waals surface area contributed by atoms with E-state index in [0.717, 1.165) is 95.0 Å². The van der Waals surface area contributed by atoms with Crippen molar-refractivity contribution < 1.29 is 13.0 Å². The first-order valence-electron chi connectivity index (χ1n) is 20.2. The van der Waals surface area contributed by atoms with Crippen LogP contribution in [0.3, 0.4) is 0 Å². The summed E-state index contributed by atoms with van der Waals surface area (Å²) in [5.74, 6) is 3.16. The molecule has 12 rings (SSSR count). The Bertz CT molecular complexity index is 3930. The van der Waals surface area contributed by atoms with Gasteiger partial charge in [0.15, 0.2) is 0 Å². The van der Waals surface area contributed by atoms with E-state index in [4.69, 9.17) is 24.9 Å². The average molecular weight is 843 g/mol. The Morgan fingerprint density at radius 1 is 0.349 bits per heavy atom. The van der Waals surface area contributed by atoms with Crippen molar-refractivity contribution in [1.29, 1.82) is 0 Å². The minimum absolute atomic E-state index is 0.279. The second-order valence-corrected chi connectivity index (χ2v) is 17.4. The van der Waals surface area contributed by atoms with E-state index in [2.05, 4.69) is 56.1 Å². The van der Waals surface area contributed by atoms with Crippen molar-refractivity contribution in [2.24, 2.45) is 0 Å². The first-order valence-corrected chi connectivity index (χ1v) is 21.6. The van der Waals surface area contributed by atoms with Crippen molar-refractivity contribution in [3.8, 4) is 68.1 Å². The van der Waals surface area contributed by atoms with E-state index in [9.17, 15) is 13.0 Å². The Morgan fingerprint density at radius 2 is 0.714 bits per heavy atom. The summed E-state index contributed by atoms with van der Waals surface area (Å²) in [6.07, 6.45) is 0. The molecule has 5 aromatic heterocycles. The van der Waals surface area contributed by atoms with Crippen molar-refractivity contribution in [1.82, 2.24) is 49.8 Å². The molecule has 12 aromatic rings. The van der Waals surface area contributed by atoms with E-state index in [1.807, 2.05) is 97.9 Å². The van der Waals surface area contributed by atoms with Crippen molar-refractivity contribution in [2.45, 2.75) is 18.7 Å². The minimum atomic E-state index is -4.59. The number of benzene rings is 7. The topological polar surface area (TPSA) is 198 Å². The van der Waals surface area contributed by atoms with Crippen molar-refractivity contribution in [3.05, 3.63) is 145 Å². The highest BCUT2D eigenvalue weighted by Crippen LogP contribution is 2.34. The number of rotatable bonds is 7. The van der Waals surface area contributed by atoms with Gasteiger partial charge in [0, 0.05) is 27.8 Å². The molecular formula is C49H34N10O3S. The summed E-state index contributed by atoms with van der Waals surface area (Å²) in [5, 5.41) is 0. The first kappa shape index (κ1) is 36.6. The van der Waals surface area contributed by atoms with E-state index in [1.165, 1.54) is 17.7 Å².